The van der Waals surface area contributed by atoms with E-state index < -0.39 is 0 Å². The Bertz CT molecular complexity index is 652. The predicted octanol–water partition coefficient (Wildman–Crippen LogP) is 4.62. The fourth-order valence-corrected chi connectivity index (χ4v) is 2.14. The molecule has 1 heterocycles. The summed E-state index contributed by atoms with van der Waals surface area (Å²) in [6, 6.07) is 20.1. The second-order valence-electron chi connectivity index (χ2n) is 4.25. The highest BCUT2D eigenvalue weighted by molar-refractivity contribution is 5.72. The second-order valence-corrected chi connectivity index (χ2v) is 4.25. The first-order valence-corrected chi connectivity index (χ1v) is 6.16. The summed E-state index contributed by atoms with van der Waals surface area (Å²) in [6.45, 7) is 0. The molecule has 0 aliphatic heterocycles. The van der Waals surface area contributed by atoms with Crippen LogP contribution in [0, 0.1) is 0 Å². The summed E-state index contributed by atoms with van der Waals surface area (Å²) in [7, 11) is 1.69. The van der Waals surface area contributed by atoms with E-state index in [1.165, 1.54) is 0 Å². The third kappa shape index (κ3) is 2.25. The van der Waals surface area contributed by atoms with Gasteiger partial charge in [-0.25, -0.2) is 0 Å². The van der Waals surface area contributed by atoms with Crippen molar-refractivity contribution >= 4 is 0 Å². The molecule has 2 heteroatoms. The molecule has 0 aliphatic carbocycles. The molecular weight excluding hydrogens is 236 g/mol. The van der Waals surface area contributed by atoms with Crippen molar-refractivity contribution in [2.45, 2.75) is 0 Å². The summed E-state index contributed by atoms with van der Waals surface area (Å²) in [5, 5.41) is 0. The summed E-state index contributed by atoms with van der Waals surface area (Å²) in [5.74, 6) is 1.76. The summed E-state index contributed by atoms with van der Waals surface area (Å²) in [6.07, 6.45) is 1.68. The number of ether oxygens (including phenoxy) is 1. The van der Waals surface area contributed by atoms with Gasteiger partial charge in [0.2, 0.25) is 0 Å². The number of benzene rings is 2. The van der Waals surface area contributed by atoms with E-state index in [2.05, 4.69) is 30.3 Å². The van der Waals surface area contributed by atoms with Crippen molar-refractivity contribution in [2.75, 3.05) is 7.11 Å². The van der Waals surface area contributed by atoms with Crippen LogP contribution in [-0.2, 0) is 0 Å². The highest BCUT2D eigenvalue weighted by atomic mass is 16.5. The molecule has 19 heavy (non-hydrogen) atoms. The average molecular weight is 250 g/mol. The van der Waals surface area contributed by atoms with E-state index in [1.807, 2.05) is 30.3 Å². The Morgan fingerprint density at radius 1 is 0.789 bits per heavy atom. The Kier molecular flexibility index (Phi) is 3.07. The highest BCUT2D eigenvalue weighted by Crippen LogP contribution is 2.31. The molecule has 3 rings (SSSR count). The first kappa shape index (κ1) is 11.6. The number of methoxy groups -OCH3 is 1. The van der Waals surface area contributed by atoms with Gasteiger partial charge in [-0.3, -0.25) is 0 Å². The summed E-state index contributed by atoms with van der Waals surface area (Å²) >= 11 is 0. The molecule has 0 radical (unpaired) electrons. The van der Waals surface area contributed by atoms with Crippen LogP contribution in [0.15, 0.2) is 71.3 Å². The molecule has 0 bridgehead atoms. The molecule has 94 valence electrons. The molecule has 1 aromatic heterocycles. The van der Waals surface area contributed by atoms with E-state index in [0.29, 0.717) is 0 Å². The van der Waals surface area contributed by atoms with Gasteiger partial charge in [0.25, 0.3) is 0 Å². The Morgan fingerprint density at radius 3 is 2.21 bits per heavy atom. The van der Waals surface area contributed by atoms with Crippen molar-refractivity contribution in [1.82, 2.24) is 0 Å². The maximum Gasteiger partial charge on any atom is 0.133 e. The number of rotatable bonds is 3. The molecule has 0 unspecified atom stereocenters. The van der Waals surface area contributed by atoms with E-state index in [4.69, 9.17) is 9.15 Å². The lowest BCUT2D eigenvalue weighted by Crippen LogP contribution is -1.87. The number of hydrogen-bond donors (Lipinski definition) is 0. The summed E-state index contributed by atoms with van der Waals surface area (Å²) in [4.78, 5) is 0. The van der Waals surface area contributed by atoms with Crippen LogP contribution in [-0.4, -0.2) is 7.11 Å². The maximum atomic E-state index is 5.39. The first-order chi connectivity index (χ1) is 9.38. The minimum atomic E-state index is 0.881. The van der Waals surface area contributed by atoms with Gasteiger partial charge in [-0.05, 0) is 23.8 Å². The fraction of sp³-hybridized carbons (Fsp3) is 0.0588. The van der Waals surface area contributed by atoms with Crippen LogP contribution in [0.1, 0.15) is 0 Å². The van der Waals surface area contributed by atoms with Gasteiger partial charge in [0.05, 0.1) is 13.4 Å². The van der Waals surface area contributed by atoms with Crippen molar-refractivity contribution in [3.8, 4) is 28.2 Å². The monoisotopic (exact) mass is 250 g/mol. The van der Waals surface area contributed by atoms with Gasteiger partial charge in [0.1, 0.15) is 11.5 Å². The van der Waals surface area contributed by atoms with Gasteiger partial charge in [-0.1, -0.05) is 42.5 Å². The molecule has 0 amide bonds. The van der Waals surface area contributed by atoms with Crippen LogP contribution in [0.25, 0.3) is 22.5 Å². The van der Waals surface area contributed by atoms with Crippen LogP contribution in [0.3, 0.4) is 0 Å². The second kappa shape index (κ2) is 5.02. The zero-order valence-corrected chi connectivity index (χ0v) is 10.7. The van der Waals surface area contributed by atoms with Crippen molar-refractivity contribution in [1.29, 1.82) is 0 Å². The molecular formula is C17H14O2. The molecule has 0 fully saturated rings. The molecule has 2 nitrogen and oxygen atoms in total. The molecule has 0 saturated carbocycles. The van der Waals surface area contributed by atoms with Gasteiger partial charge >= 0.3 is 0 Å². The lowest BCUT2D eigenvalue weighted by molar-refractivity contribution is 0.416. The van der Waals surface area contributed by atoms with Crippen molar-refractivity contribution in [3.05, 3.63) is 66.9 Å². The zero-order chi connectivity index (χ0) is 13.1. The SMILES string of the molecule is COc1ccccc1-c1ccc(-c2ccco2)cc1. The van der Waals surface area contributed by atoms with Crippen LogP contribution < -0.4 is 4.74 Å². The molecule has 0 aliphatic rings. The molecule has 2 aromatic carbocycles. The third-order valence-electron chi connectivity index (χ3n) is 3.11. The molecule has 3 aromatic rings. The number of furan rings is 1. The van der Waals surface area contributed by atoms with Crippen molar-refractivity contribution in [2.24, 2.45) is 0 Å². The zero-order valence-electron chi connectivity index (χ0n) is 10.7. The third-order valence-corrected chi connectivity index (χ3v) is 3.11. The average Bonchev–Trinajstić information content (AvgIpc) is 3.02. The van der Waals surface area contributed by atoms with E-state index in [9.17, 15) is 0 Å². The van der Waals surface area contributed by atoms with Crippen LogP contribution in [0.5, 0.6) is 5.75 Å². The maximum absolute atomic E-state index is 5.39. The lowest BCUT2D eigenvalue weighted by atomic mass is 10.0. The molecule has 0 spiro atoms. The minimum Gasteiger partial charge on any atom is -0.496 e. The van der Waals surface area contributed by atoms with Gasteiger partial charge in [0, 0.05) is 11.1 Å². The van der Waals surface area contributed by atoms with E-state index in [1.54, 1.807) is 13.4 Å². The number of hydrogen-bond acceptors (Lipinski definition) is 2. The van der Waals surface area contributed by atoms with Crippen molar-refractivity contribution < 1.29 is 9.15 Å². The summed E-state index contributed by atoms with van der Waals surface area (Å²) in [5.41, 5.74) is 3.30. The Morgan fingerprint density at radius 2 is 1.53 bits per heavy atom. The molecule has 0 saturated heterocycles. The van der Waals surface area contributed by atoms with Crippen LogP contribution in [0.2, 0.25) is 0 Å². The first-order valence-electron chi connectivity index (χ1n) is 6.16. The predicted molar refractivity (Wildman–Crippen MR) is 76.1 cm³/mol. The Labute approximate surface area is 112 Å². The van der Waals surface area contributed by atoms with Gasteiger partial charge in [-0.2, -0.15) is 0 Å². The van der Waals surface area contributed by atoms with E-state index >= 15 is 0 Å². The molecule has 0 N–H and O–H groups in total. The Balaban J connectivity index is 1.99. The standard InChI is InChI=1S/C17H14O2/c1-18-17-6-3-2-5-15(17)13-8-10-14(11-9-13)16-7-4-12-19-16/h2-12H,1H3. The van der Waals surface area contributed by atoms with E-state index in [-0.39, 0.29) is 0 Å². The van der Waals surface area contributed by atoms with Gasteiger partial charge < -0.3 is 9.15 Å². The Hall–Kier alpha value is -2.48. The summed E-state index contributed by atoms with van der Waals surface area (Å²) < 4.78 is 10.8. The van der Waals surface area contributed by atoms with Crippen molar-refractivity contribution in [3.63, 3.8) is 0 Å². The quantitative estimate of drug-likeness (QED) is 0.676. The normalized spacial score (nSPS) is 10.4. The fourth-order valence-electron chi connectivity index (χ4n) is 2.14. The number of para-hydroxylation sites is 1. The smallest absolute Gasteiger partial charge is 0.133 e. The largest absolute Gasteiger partial charge is 0.496 e. The lowest BCUT2D eigenvalue weighted by Gasteiger charge is -2.08. The topological polar surface area (TPSA) is 22.4 Å². The van der Waals surface area contributed by atoms with Crippen LogP contribution >= 0.6 is 0 Å². The highest BCUT2D eigenvalue weighted by Gasteiger charge is 2.05. The van der Waals surface area contributed by atoms with Crippen LogP contribution in [0.4, 0.5) is 0 Å². The molecule has 0 atom stereocenters. The van der Waals surface area contributed by atoms with E-state index in [0.717, 1.165) is 28.2 Å². The van der Waals surface area contributed by atoms with Gasteiger partial charge in [-0.15, -0.1) is 0 Å². The minimum absolute atomic E-state index is 0.881. The van der Waals surface area contributed by atoms with Gasteiger partial charge in [0.15, 0.2) is 0 Å².